The molecular formula is C11H11N3O3. The van der Waals surface area contributed by atoms with E-state index >= 15 is 0 Å². The Morgan fingerprint density at radius 1 is 1.47 bits per heavy atom. The molecule has 0 unspecified atom stereocenters. The molecule has 0 spiro atoms. The van der Waals surface area contributed by atoms with Gasteiger partial charge in [-0.1, -0.05) is 0 Å². The maximum Gasteiger partial charge on any atom is 0.274 e. The third-order valence-corrected chi connectivity index (χ3v) is 2.34. The minimum absolute atomic E-state index is 0.0112. The van der Waals surface area contributed by atoms with Gasteiger partial charge in [-0.2, -0.15) is 0 Å². The third kappa shape index (κ3) is 1.92. The first kappa shape index (κ1) is 11.0. The van der Waals surface area contributed by atoms with Gasteiger partial charge in [0.25, 0.3) is 5.56 Å². The number of methoxy groups -OCH3 is 1. The maximum absolute atomic E-state index is 11.3. The van der Waals surface area contributed by atoms with Crippen LogP contribution in [0.4, 0.5) is 5.69 Å². The van der Waals surface area contributed by atoms with Crippen molar-refractivity contribution in [3.05, 3.63) is 34.9 Å². The summed E-state index contributed by atoms with van der Waals surface area (Å²) in [5.74, 6) is 0.309. The molecule has 0 bridgehead atoms. The Morgan fingerprint density at radius 3 is 2.88 bits per heavy atom. The lowest BCUT2D eigenvalue weighted by molar-refractivity contribution is 0.373. The van der Waals surface area contributed by atoms with E-state index in [4.69, 9.17) is 10.5 Å². The molecule has 0 saturated heterocycles. The smallest absolute Gasteiger partial charge is 0.274 e. The van der Waals surface area contributed by atoms with Gasteiger partial charge in [-0.25, -0.2) is 4.98 Å². The number of hydrogen-bond acceptors (Lipinski definition) is 5. The van der Waals surface area contributed by atoms with Crippen LogP contribution in [0.5, 0.6) is 11.5 Å². The lowest BCUT2D eigenvalue weighted by Crippen LogP contribution is -2.13. The van der Waals surface area contributed by atoms with Crippen LogP contribution in [0.25, 0.3) is 11.3 Å². The van der Waals surface area contributed by atoms with Crippen molar-refractivity contribution in [3.8, 4) is 22.8 Å². The van der Waals surface area contributed by atoms with Gasteiger partial charge in [0.05, 0.1) is 13.4 Å². The summed E-state index contributed by atoms with van der Waals surface area (Å²) in [6.45, 7) is 0. The molecule has 0 radical (unpaired) electrons. The first-order chi connectivity index (χ1) is 8.13. The van der Waals surface area contributed by atoms with Crippen LogP contribution in [-0.2, 0) is 0 Å². The monoisotopic (exact) mass is 233 g/mol. The van der Waals surface area contributed by atoms with Gasteiger partial charge >= 0.3 is 0 Å². The van der Waals surface area contributed by atoms with Gasteiger partial charge in [0, 0.05) is 5.56 Å². The van der Waals surface area contributed by atoms with Gasteiger partial charge in [0.1, 0.15) is 11.4 Å². The highest BCUT2D eigenvalue weighted by Crippen LogP contribution is 2.31. The summed E-state index contributed by atoms with van der Waals surface area (Å²) in [5.41, 5.74) is 6.09. The van der Waals surface area contributed by atoms with Gasteiger partial charge in [0.15, 0.2) is 11.5 Å². The normalized spacial score (nSPS) is 10.2. The predicted molar refractivity (Wildman–Crippen MR) is 62.9 cm³/mol. The van der Waals surface area contributed by atoms with Crippen molar-refractivity contribution < 1.29 is 9.84 Å². The van der Waals surface area contributed by atoms with Crippen LogP contribution in [0.2, 0.25) is 0 Å². The second kappa shape index (κ2) is 4.17. The van der Waals surface area contributed by atoms with Crippen molar-refractivity contribution in [2.75, 3.05) is 12.8 Å². The van der Waals surface area contributed by atoms with Crippen LogP contribution < -0.4 is 16.0 Å². The number of phenolic OH excluding ortho intramolecular Hbond substituents is 1. The summed E-state index contributed by atoms with van der Waals surface area (Å²) in [5, 5.41) is 9.63. The first-order valence-corrected chi connectivity index (χ1v) is 4.84. The van der Waals surface area contributed by atoms with Crippen molar-refractivity contribution in [1.82, 2.24) is 9.97 Å². The molecular weight excluding hydrogens is 222 g/mol. The van der Waals surface area contributed by atoms with E-state index in [2.05, 4.69) is 9.97 Å². The first-order valence-electron chi connectivity index (χ1n) is 4.84. The molecule has 1 heterocycles. The van der Waals surface area contributed by atoms with E-state index in [1.807, 2.05) is 0 Å². The van der Waals surface area contributed by atoms with Crippen molar-refractivity contribution in [1.29, 1.82) is 0 Å². The number of H-pyrrole nitrogens is 1. The molecule has 2 aromatic rings. The average molecular weight is 233 g/mol. The van der Waals surface area contributed by atoms with E-state index in [9.17, 15) is 9.90 Å². The number of aromatic nitrogens is 2. The van der Waals surface area contributed by atoms with E-state index in [0.29, 0.717) is 17.0 Å². The number of nitrogens with two attached hydrogens (primary N) is 1. The standard InChI is InChI=1S/C11H11N3O3/c1-17-8-3-2-6(4-7(8)15)10-9(12)11(16)14-5-13-10/h2-5,15H,12H2,1H3,(H,13,14,16). The van der Waals surface area contributed by atoms with Crippen LogP contribution in [-0.4, -0.2) is 22.2 Å². The molecule has 0 aliphatic rings. The molecule has 17 heavy (non-hydrogen) atoms. The molecule has 1 aromatic heterocycles. The molecule has 4 N–H and O–H groups in total. The van der Waals surface area contributed by atoms with Crippen LogP contribution in [0.15, 0.2) is 29.3 Å². The van der Waals surface area contributed by atoms with E-state index in [1.165, 1.54) is 19.5 Å². The molecule has 0 saturated carbocycles. The highest BCUT2D eigenvalue weighted by Gasteiger charge is 2.10. The van der Waals surface area contributed by atoms with Crippen molar-refractivity contribution in [2.24, 2.45) is 0 Å². The minimum atomic E-state index is -0.412. The highest BCUT2D eigenvalue weighted by molar-refractivity contribution is 5.73. The molecule has 6 heteroatoms. The number of aromatic hydroxyl groups is 1. The number of nitrogens with one attached hydrogen (secondary N) is 1. The number of aromatic amines is 1. The molecule has 0 aliphatic carbocycles. The second-order valence-electron chi connectivity index (χ2n) is 3.38. The molecule has 0 amide bonds. The second-order valence-corrected chi connectivity index (χ2v) is 3.38. The van der Waals surface area contributed by atoms with E-state index in [1.54, 1.807) is 12.1 Å². The number of nitrogen functional groups attached to an aromatic ring is 1. The molecule has 2 rings (SSSR count). The fourth-order valence-corrected chi connectivity index (χ4v) is 1.48. The Kier molecular flexibility index (Phi) is 2.70. The Balaban J connectivity index is 2.58. The zero-order valence-corrected chi connectivity index (χ0v) is 9.10. The van der Waals surface area contributed by atoms with Crippen molar-refractivity contribution >= 4 is 5.69 Å². The van der Waals surface area contributed by atoms with Crippen LogP contribution >= 0.6 is 0 Å². The summed E-state index contributed by atoms with van der Waals surface area (Å²) in [7, 11) is 1.45. The number of anilines is 1. The van der Waals surface area contributed by atoms with E-state index in [-0.39, 0.29) is 11.4 Å². The quantitative estimate of drug-likeness (QED) is 0.709. The van der Waals surface area contributed by atoms with Crippen LogP contribution in [0.1, 0.15) is 0 Å². The van der Waals surface area contributed by atoms with E-state index < -0.39 is 5.56 Å². The van der Waals surface area contributed by atoms with Gasteiger partial charge in [-0.15, -0.1) is 0 Å². The SMILES string of the molecule is COc1ccc(-c2nc[nH]c(=O)c2N)cc1O. The van der Waals surface area contributed by atoms with Gasteiger partial charge in [-0.3, -0.25) is 4.79 Å². The number of hydrogen-bond donors (Lipinski definition) is 3. The van der Waals surface area contributed by atoms with Gasteiger partial charge in [0.2, 0.25) is 0 Å². The predicted octanol–water partition coefficient (Wildman–Crippen LogP) is 0.733. The average Bonchev–Trinajstić information content (AvgIpc) is 2.32. The number of ether oxygens (including phenoxy) is 1. The summed E-state index contributed by atoms with van der Waals surface area (Å²) >= 11 is 0. The fourth-order valence-electron chi connectivity index (χ4n) is 1.48. The van der Waals surface area contributed by atoms with Crippen molar-refractivity contribution in [3.63, 3.8) is 0 Å². The van der Waals surface area contributed by atoms with Crippen LogP contribution in [0, 0.1) is 0 Å². The maximum atomic E-state index is 11.3. The topological polar surface area (TPSA) is 101 Å². The highest BCUT2D eigenvalue weighted by atomic mass is 16.5. The zero-order chi connectivity index (χ0) is 12.4. The Hall–Kier alpha value is -2.50. The molecule has 0 atom stereocenters. The zero-order valence-electron chi connectivity index (χ0n) is 9.10. The van der Waals surface area contributed by atoms with E-state index in [0.717, 1.165) is 0 Å². The largest absolute Gasteiger partial charge is 0.504 e. The minimum Gasteiger partial charge on any atom is -0.504 e. The number of benzene rings is 1. The molecule has 0 aliphatic heterocycles. The lowest BCUT2D eigenvalue weighted by atomic mass is 10.1. The number of phenols is 1. The molecule has 0 fully saturated rings. The lowest BCUT2D eigenvalue weighted by Gasteiger charge is -2.07. The van der Waals surface area contributed by atoms with Gasteiger partial charge < -0.3 is 20.6 Å². The van der Waals surface area contributed by atoms with Gasteiger partial charge in [-0.05, 0) is 18.2 Å². The summed E-state index contributed by atoms with van der Waals surface area (Å²) in [6.07, 6.45) is 1.26. The Labute approximate surface area is 96.7 Å². The summed E-state index contributed by atoms with van der Waals surface area (Å²) in [4.78, 5) is 17.7. The number of rotatable bonds is 2. The van der Waals surface area contributed by atoms with Crippen molar-refractivity contribution in [2.45, 2.75) is 0 Å². The summed E-state index contributed by atoms with van der Waals surface area (Å²) < 4.78 is 4.92. The summed E-state index contributed by atoms with van der Waals surface area (Å²) in [6, 6.07) is 4.68. The molecule has 1 aromatic carbocycles. The number of nitrogens with zero attached hydrogens (tertiary/aromatic N) is 1. The molecule has 88 valence electrons. The third-order valence-electron chi connectivity index (χ3n) is 2.34. The fraction of sp³-hybridized carbons (Fsp3) is 0.0909. The van der Waals surface area contributed by atoms with Crippen LogP contribution in [0.3, 0.4) is 0 Å². The Morgan fingerprint density at radius 2 is 2.24 bits per heavy atom. The Bertz CT molecular complexity index is 607. The molecule has 6 nitrogen and oxygen atoms in total.